The summed E-state index contributed by atoms with van der Waals surface area (Å²) in [5.41, 5.74) is 0. The molecule has 0 saturated carbocycles. The molecule has 2 N–H and O–H groups in total. The lowest BCUT2D eigenvalue weighted by Crippen LogP contribution is -2.21. The predicted octanol–water partition coefficient (Wildman–Crippen LogP) is -0.249. The summed E-state index contributed by atoms with van der Waals surface area (Å²) in [7, 11) is -2.21. The fourth-order valence-electron chi connectivity index (χ4n) is 0.219. The van der Waals surface area contributed by atoms with E-state index in [-0.39, 0.29) is 6.33 Å². The zero-order chi connectivity index (χ0) is 7.28. The van der Waals surface area contributed by atoms with E-state index >= 15 is 0 Å². The zero-order valence-corrected chi connectivity index (χ0v) is 4.37. The van der Waals surface area contributed by atoms with Crippen LogP contribution in [0.4, 0.5) is 8.78 Å². The highest BCUT2D eigenvalue weighted by molar-refractivity contribution is 6.32. The minimum absolute atomic E-state index is 0.0902. The Kier molecular flexibility index (Phi) is 4.20. The Morgan fingerprint density at radius 1 is 1.56 bits per heavy atom. The van der Waals surface area contributed by atoms with Crippen molar-refractivity contribution in [2.75, 3.05) is 0 Å². The molecule has 6 heteroatoms. The summed E-state index contributed by atoms with van der Waals surface area (Å²) in [6.07, 6.45) is -1.82. The van der Waals surface area contributed by atoms with Crippen molar-refractivity contribution >= 4 is 7.32 Å². The first-order chi connectivity index (χ1) is 4.16. The molecule has 0 spiro atoms. The van der Waals surface area contributed by atoms with Gasteiger partial charge in [-0.25, -0.2) is 8.78 Å². The van der Waals surface area contributed by atoms with E-state index in [1.54, 1.807) is 0 Å². The van der Waals surface area contributed by atoms with Crippen LogP contribution in [0.5, 0.6) is 0 Å². The molecule has 0 fully saturated rings. The molecule has 0 bridgehead atoms. The van der Waals surface area contributed by atoms with Crippen LogP contribution in [0.25, 0.3) is 0 Å². The molecule has 0 amide bonds. The second-order valence-electron chi connectivity index (χ2n) is 1.13. The summed E-state index contributed by atoms with van der Waals surface area (Å²) in [5.74, 6) is 0. The second-order valence-corrected chi connectivity index (χ2v) is 1.13. The average Bonchev–Trinajstić information content (AvgIpc) is 1.63. The Labute approximate surface area is 50.7 Å². The molecule has 0 aliphatic carbocycles. The number of hydrogen-bond donors (Lipinski definition) is 2. The van der Waals surface area contributed by atoms with E-state index in [2.05, 4.69) is 4.65 Å². The molecule has 0 aromatic rings. The number of alkyl halides is 1. The van der Waals surface area contributed by atoms with Gasteiger partial charge in [-0.2, -0.15) is 0 Å². The van der Waals surface area contributed by atoms with Gasteiger partial charge in [-0.3, -0.25) is 0 Å². The lowest BCUT2D eigenvalue weighted by atomic mass is 10.3. The van der Waals surface area contributed by atoms with Crippen molar-refractivity contribution in [2.45, 2.75) is 6.36 Å². The number of halogens is 2. The van der Waals surface area contributed by atoms with Crippen molar-refractivity contribution in [2.24, 2.45) is 0 Å². The monoisotopic (exact) mass is 138 g/mol. The van der Waals surface area contributed by atoms with Crippen LogP contribution in [0.3, 0.4) is 0 Å². The van der Waals surface area contributed by atoms with Crippen LogP contribution in [0.15, 0.2) is 12.4 Å². The fourth-order valence-corrected chi connectivity index (χ4v) is 0.219. The molecule has 1 unspecified atom stereocenters. The van der Waals surface area contributed by atoms with Crippen LogP contribution in [0, 0.1) is 0 Å². The van der Waals surface area contributed by atoms with Gasteiger partial charge in [-0.15, -0.1) is 0 Å². The molecule has 3 nitrogen and oxygen atoms in total. The summed E-state index contributed by atoms with van der Waals surface area (Å²) >= 11 is 0. The van der Waals surface area contributed by atoms with E-state index in [1.807, 2.05) is 0 Å². The lowest BCUT2D eigenvalue weighted by Gasteiger charge is -2.01. The maximum atomic E-state index is 11.8. The van der Waals surface area contributed by atoms with E-state index in [0.717, 1.165) is 0 Å². The molecule has 0 saturated heterocycles. The standard InChI is InChI=1S/C3H5BF2O3/c5-2-1-3(6)9-4(7)8/h1-3,7-8H. The molecule has 52 valence electrons. The van der Waals surface area contributed by atoms with Gasteiger partial charge >= 0.3 is 7.32 Å². The van der Waals surface area contributed by atoms with Gasteiger partial charge in [0, 0.05) is 6.08 Å². The largest absolute Gasteiger partial charge is 0.636 e. The van der Waals surface area contributed by atoms with Crippen molar-refractivity contribution in [3.63, 3.8) is 0 Å². The van der Waals surface area contributed by atoms with E-state index in [4.69, 9.17) is 10.0 Å². The van der Waals surface area contributed by atoms with Crippen LogP contribution in [0.2, 0.25) is 0 Å². The Hall–Kier alpha value is -0.455. The maximum Gasteiger partial charge on any atom is 0.636 e. The lowest BCUT2D eigenvalue weighted by molar-refractivity contribution is 0.0578. The first-order valence-corrected chi connectivity index (χ1v) is 2.09. The molecular weight excluding hydrogens is 133 g/mol. The summed E-state index contributed by atoms with van der Waals surface area (Å²) in [6, 6.07) is 0. The van der Waals surface area contributed by atoms with Crippen molar-refractivity contribution in [3.05, 3.63) is 12.4 Å². The van der Waals surface area contributed by atoms with E-state index in [9.17, 15) is 8.78 Å². The molecular formula is C3H5BF2O3. The Morgan fingerprint density at radius 3 is 2.44 bits per heavy atom. The minimum atomic E-state index is -2.21. The third kappa shape index (κ3) is 5.42. The van der Waals surface area contributed by atoms with Gasteiger partial charge in [0.05, 0.1) is 6.33 Å². The minimum Gasteiger partial charge on any atom is -0.402 e. The van der Waals surface area contributed by atoms with Gasteiger partial charge in [0.25, 0.3) is 0 Å². The zero-order valence-electron chi connectivity index (χ0n) is 4.37. The molecule has 0 heterocycles. The maximum absolute atomic E-state index is 11.8. The first-order valence-electron chi connectivity index (χ1n) is 2.09. The normalized spacial score (nSPS) is 14.2. The van der Waals surface area contributed by atoms with Gasteiger partial charge in [-0.05, 0) is 0 Å². The molecule has 1 atom stereocenters. The van der Waals surface area contributed by atoms with Gasteiger partial charge < -0.3 is 14.7 Å². The SMILES string of the molecule is OB(O)OC(F)C=CF. The smallest absolute Gasteiger partial charge is 0.402 e. The van der Waals surface area contributed by atoms with Gasteiger partial charge in [-0.1, -0.05) is 0 Å². The van der Waals surface area contributed by atoms with Crippen LogP contribution >= 0.6 is 0 Å². The highest BCUT2D eigenvalue weighted by Crippen LogP contribution is 1.95. The quantitative estimate of drug-likeness (QED) is 0.528. The Balaban J connectivity index is 3.38. The second kappa shape index (κ2) is 4.43. The molecule has 9 heavy (non-hydrogen) atoms. The van der Waals surface area contributed by atoms with Crippen LogP contribution < -0.4 is 0 Å². The predicted molar refractivity (Wildman–Crippen MR) is 26.4 cm³/mol. The van der Waals surface area contributed by atoms with Crippen LogP contribution in [0.1, 0.15) is 0 Å². The third-order valence-corrected chi connectivity index (χ3v) is 0.476. The Bertz CT molecular complexity index is 97.1. The third-order valence-electron chi connectivity index (χ3n) is 0.476. The van der Waals surface area contributed by atoms with Gasteiger partial charge in [0.2, 0.25) is 6.36 Å². The van der Waals surface area contributed by atoms with Crippen LogP contribution in [-0.4, -0.2) is 23.7 Å². The highest BCUT2D eigenvalue weighted by Gasteiger charge is 2.13. The molecule has 0 rings (SSSR count). The van der Waals surface area contributed by atoms with Crippen molar-refractivity contribution in [1.82, 2.24) is 0 Å². The summed E-state index contributed by atoms with van der Waals surface area (Å²) in [5, 5.41) is 15.8. The summed E-state index contributed by atoms with van der Waals surface area (Å²) in [4.78, 5) is 0. The fraction of sp³-hybridized carbons (Fsp3) is 0.333. The molecule has 0 radical (unpaired) electrons. The topological polar surface area (TPSA) is 49.7 Å². The van der Waals surface area contributed by atoms with E-state index in [1.165, 1.54) is 0 Å². The number of hydrogen-bond acceptors (Lipinski definition) is 3. The molecule has 0 aliphatic rings. The van der Waals surface area contributed by atoms with Crippen molar-refractivity contribution < 1.29 is 23.5 Å². The summed E-state index contributed by atoms with van der Waals surface area (Å²) in [6.45, 7) is 0. The van der Waals surface area contributed by atoms with Gasteiger partial charge in [0.1, 0.15) is 0 Å². The first kappa shape index (κ1) is 8.54. The van der Waals surface area contributed by atoms with E-state index < -0.39 is 13.7 Å². The van der Waals surface area contributed by atoms with Crippen molar-refractivity contribution in [1.29, 1.82) is 0 Å². The van der Waals surface area contributed by atoms with Crippen LogP contribution in [-0.2, 0) is 4.65 Å². The molecule has 0 aromatic heterocycles. The highest BCUT2D eigenvalue weighted by atomic mass is 19.1. The average molecular weight is 138 g/mol. The molecule has 0 aromatic carbocycles. The molecule has 0 aliphatic heterocycles. The van der Waals surface area contributed by atoms with Gasteiger partial charge in [0.15, 0.2) is 0 Å². The van der Waals surface area contributed by atoms with Crippen molar-refractivity contribution in [3.8, 4) is 0 Å². The number of rotatable bonds is 3. The summed E-state index contributed by atoms with van der Waals surface area (Å²) < 4.78 is 26.4. The Morgan fingerprint density at radius 2 is 2.11 bits per heavy atom. The van der Waals surface area contributed by atoms with E-state index in [0.29, 0.717) is 6.08 Å².